The Bertz CT molecular complexity index is 411. The van der Waals surface area contributed by atoms with E-state index in [1.54, 1.807) is 31.4 Å². The van der Waals surface area contributed by atoms with Crippen LogP contribution in [-0.2, 0) is 20.9 Å². The number of aliphatic carboxylic acids is 2. The lowest BCUT2D eigenvalue weighted by Gasteiger charge is -2.11. The van der Waals surface area contributed by atoms with Crippen LogP contribution in [-0.4, -0.2) is 35.4 Å². The molecule has 6 nitrogen and oxygen atoms in total. The SMILES string of the molecule is COc1ccc(COC(CC(=O)O)C(=O)O)cc1. The van der Waals surface area contributed by atoms with Gasteiger partial charge in [0, 0.05) is 0 Å². The fourth-order valence-corrected chi connectivity index (χ4v) is 1.29. The van der Waals surface area contributed by atoms with Crippen molar-refractivity contribution in [1.82, 2.24) is 0 Å². The van der Waals surface area contributed by atoms with Crippen molar-refractivity contribution >= 4 is 11.9 Å². The number of methoxy groups -OCH3 is 1. The first-order chi connectivity index (χ1) is 8.52. The molecule has 0 aliphatic heterocycles. The summed E-state index contributed by atoms with van der Waals surface area (Å²) in [5, 5.41) is 17.3. The van der Waals surface area contributed by atoms with Gasteiger partial charge in [-0.3, -0.25) is 4.79 Å². The molecule has 0 fully saturated rings. The second-order valence-corrected chi connectivity index (χ2v) is 3.58. The number of carboxylic acids is 2. The largest absolute Gasteiger partial charge is 0.497 e. The van der Waals surface area contributed by atoms with Crippen molar-refractivity contribution in [2.45, 2.75) is 19.1 Å². The number of carbonyl (C=O) groups is 2. The molecular weight excluding hydrogens is 240 g/mol. The van der Waals surface area contributed by atoms with Crippen LogP contribution in [0.15, 0.2) is 24.3 Å². The van der Waals surface area contributed by atoms with Crippen molar-refractivity contribution in [3.63, 3.8) is 0 Å². The zero-order chi connectivity index (χ0) is 13.5. The van der Waals surface area contributed by atoms with Gasteiger partial charge in [0.2, 0.25) is 0 Å². The lowest BCUT2D eigenvalue weighted by molar-refractivity contribution is -0.157. The van der Waals surface area contributed by atoms with E-state index in [2.05, 4.69) is 0 Å². The van der Waals surface area contributed by atoms with Gasteiger partial charge in [-0.15, -0.1) is 0 Å². The van der Waals surface area contributed by atoms with Gasteiger partial charge < -0.3 is 19.7 Å². The predicted octanol–water partition coefficient (Wildman–Crippen LogP) is 1.14. The van der Waals surface area contributed by atoms with Crippen LogP contribution in [0.1, 0.15) is 12.0 Å². The summed E-state index contributed by atoms with van der Waals surface area (Å²) in [5.74, 6) is -1.82. The molecule has 0 heterocycles. The Morgan fingerprint density at radius 1 is 1.22 bits per heavy atom. The number of rotatable bonds is 7. The first kappa shape index (κ1) is 14.0. The first-order valence-electron chi connectivity index (χ1n) is 5.22. The molecule has 0 radical (unpaired) electrons. The smallest absolute Gasteiger partial charge is 0.333 e. The molecule has 0 saturated carbocycles. The highest BCUT2D eigenvalue weighted by Gasteiger charge is 2.21. The van der Waals surface area contributed by atoms with Crippen LogP contribution in [0.2, 0.25) is 0 Å². The highest BCUT2D eigenvalue weighted by molar-refractivity contribution is 5.79. The van der Waals surface area contributed by atoms with Crippen molar-refractivity contribution in [2.75, 3.05) is 7.11 Å². The minimum atomic E-state index is -1.34. The molecule has 1 aromatic carbocycles. The summed E-state index contributed by atoms with van der Waals surface area (Å²) >= 11 is 0. The Hall–Kier alpha value is -2.08. The molecule has 1 atom stereocenters. The summed E-state index contributed by atoms with van der Waals surface area (Å²) in [6, 6.07) is 6.87. The highest BCUT2D eigenvalue weighted by atomic mass is 16.5. The topological polar surface area (TPSA) is 93.1 Å². The Kier molecular flexibility index (Phi) is 5.13. The lowest BCUT2D eigenvalue weighted by Crippen LogP contribution is -2.26. The van der Waals surface area contributed by atoms with Crippen molar-refractivity contribution in [3.05, 3.63) is 29.8 Å². The van der Waals surface area contributed by atoms with E-state index in [1.807, 2.05) is 0 Å². The average molecular weight is 254 g/mol. The number of hydrogen-bond acceptors (Lipinski definition) is 4. The zero-order valence-corrected chi connectivity index (χ0v) is 9.83. The zero-order valence-electron chi connectivity index (χ0n) is 9.83. The molecule has 2 N–H and O–H groups in total. The molecule has 0 aliphatic carbocycles. The maximum absolute atomic E-state index is 10.7. The van der Waals surface area contributed by atoms with Crippen molar-refractivity contribution in [2.24, 2.45) is 0 Å². The van der Waals surface area contributed by atoms with E-state index < -0.39 is 24.5 Å². The molecule has 0 spiro atoms. The Morgan fingerprint density at radius 3 is 2.28 bits per heavy atom. The molecule has 0 amide bonds. The van der Waals surface area contributed by atoms with Gasteiger partial charge in [0.25, 0.3) is 0 Å². The summed E-state index contributed by atoms with van der Waals surface area (Å²) in [7, 11) is 1.54. The van der Waals surface area contributed by atoms with E-state index in [0.29, 0.717) is 5.75 Å². The Labute approximate surface area is 104 Å². The van der Waals surface area contributed by atoms with Gasteiger partial charge in [0.05, 0.1) is 20.1 Å². The van der Waals surface area contributed by atoms with Crippen molar-refractivity contribution < 1.29 is 29.3 Å². The summed E-state index contributed by atoms with van der Waals surface area (Å²) in [4.78, 5) is 21.2. The Balaban J connectivity index is 2.55. The maximum Gasteiger partial charge on any atom is 0.333 e. The van der Waals surface area contributed by atoms with Crippen LogP contribution in [0.25, 0.3) is 0 Å². The van der Waals surface area contributed by atoms with Gasteiger partial charge >= 0.3 is 11.9 Å². The summed E-state index contributed by atoms with van der Waals surface area (Å²) in [5.41, 5.74) is 0.743. The normalized spacial score (nSPS) is 11.8. The van der Waals surface area contributed by atoms with E-state index >= 15 is 0 Å². The third-order valence-corrected chi connectivity index (χ3v) is 2.25. The van der Waals surface area contributed by atoms with E-state index in [1.165, 1.54) is 0 Å². The standard InChI is InChI=1S/C12H14O6/c1-17-9-4-2-8(3-5-9)7-18-10(12(15)16)6-11(13)14/h2-5,10H,6-7H2,1H3,(H,13,14)(H,15,16). The molecule has 0 saturated heterocycles. The summed E-state index contributed by atoms with van der Waals surface area (Å²) in [6.07, 6.45) is -1.91. The molecule has 1 rings (SSSR count). The quantitative estimate of drug-likeness (QED) is 0.757. The van der Waals surface area contributed by atoms with Crippen LogP contribution < -0.4 is 4.74 Å². The van der Waals surface area contributed by atoms with Gasteiger partial charge in [0.15, 0.2) is 6.10 Å². The third-order valence-electron chi connectivity index (χ3n) is 2.25. The fraction of sp³-hybridized carbons (Fsp3) is 0.333. The second-order valence-electron chi connectivity index (χ2n) is 3.58. The number of carboxylic acid groups (broad SMARTS) is 2. The molecule has 98 valence electrons. The molecule has 18 heavy (non-hydrogen) atoms. The average Bonchev–Trinajstić information content (AvgIpc) is 2.34. The van der Waals surface area contributed by atoms with Gasteiger partial charge in [0.1, 0.15) is 5.75 Å². The van der Waals surface area contributed by atoms with Gasteiger partial charge in [-0.1, -0.05) is 12.1 Å². The van der Waals surface area contributed by atoms with Gasteiger partial charge in [-0.2, -0.15) is 0 Å². The number of benzene rings is 1. The van der Waals surface area contributed by atoms with Crippen LogP contribution >= 0.6 is 0 Å². The molecule has 6 heteroatoms. The monoisotopic (exact) mass is 254 g/mol. The van der Waals surface area contributed by atoms with Gasteiger partial charge in [-0.05, 0) is 17.7 Å². The summed E-state index contributed by atoms with van der Waals surface area (Å²) in [6.45, 7) is 0.0360. The van der Waals surface area contributed by atoms with Crippen LogP contribution in [0.3, 0.4) is 0 Å². The molecule has 1 unspecified atom stereocenters. The van der Waals surface area contributed by atoms with Gasteiger partial charge in [-0.25, -0.2) is 4.79 Å². The lowest BCUT2D eigenvalue weighted by atomic mass is 10.2. The second kappa shape index (κ2) is 6.61. The molecule has 1 aromatic rings. The number of hydrogen-bond donors (Lipinski definition) is 2. The van der Waals surface area contributed by atoms with Crippen LogP contribution in [0, 0.1) is 0 Å². The predicted molar refractivity (Wildman–Crippen MR) is 61.5 cm³/mol. The molecule has 0 aliphatic rings. The molecular formula is C12H14O6. The molecule has 0 aromatic heterocycles. The van der Waals surface area contributed by atoms with E-state index in [4.69, 9.17) is 19.7 Å². The Morgan fingerprint density at radius 2 is 1.83 bits per heavy atom. The molecule has 0 bridgehead atoms. The van der Waals surface area contributed by atoms with E-state index in [0.717, 1.165) is 5.56 Å². The first-order valence-corrected chi connectivity index (χ1v) is 5.22. The highest BCUT2D eigenvalue weighted by Crippen LogP contribution is 2.13. The summed E-state index contributed by atoms with van der Waals surface area (Å²) < 4.78 is 10.0. The fourth-order valence-electron chi connectivity index (χ4n) is 1.29. The van der Waals surface area contributed by atoms with E-state index in [-0.39, 0.29) is 6.61 Å². The number of ether oxygens (including phenoxy) is 2. The minimum absolute atomic E-state index is 0.0360. The maximum atomic E-state index is 10.7. The minimum Gasteiger partial charge on any atom is -0.497 e. The van der Waals surface area contributed by atoms with Crippen molar-refractivity contribution in [1.29, 1.82) is 0 Å². The van der Waals surface area contributed by atoms with Crippen LogP contribution in [0.5, 0.6) is 5.75 Å². The van der Waals surface area contributed by atoms with E-state index in [9.17, 15) is 9.59 Å². The van der Waals surface area contributed by atoms with Crippen LogP contribution in [0.4, 0.5) is 0 Å². The third kappa shape index (κ3) is 4.42. The van der Waals surface area contributed by atoms with Crippen molar-refractivity contribution in [3.8, 4) is 5.75 Å².